The SMILES string of the molecule is Oc1ccc(C(F)(F)F)cc1C1CNCCO1. The molecular formula is C11H12F3NO2. The highest BCUT2D eigenvalue weighted by atomic mass is 19.4. The minimum Gasteiger partial charge on any atom is -0.508 e. The summed E-state index contributed by atoms with van der Waals surface area (Å²) in [6.07, 6.45) is -4.95. The third kappa shape index (κ3) is 2.70. The number of benzene rings is 1. The zero-order chi connectivity index (χ0) is 12.5. The lowest BCUT2D eigenvalue weighted by molar-refractivity contribution is -0.137. The molecule has 0 amide bonds. The Balaban J connectivity index is 2.31. The highest BCUT2D eigenvalue weighted by molar-refractivity contribution is 5.39. The fourth-order valence-electron chi connectivity index (χ4n) is 1.75. The first-order chi connectivity index (χ1) is 7.98. The average Bonchev–Trinajstić information content (AvgIpc) is 2.29. The Morgan fingerprint density at radius 1 is 1.35 bits per heavy atom. The zero-order valence-electron chi connectivity index (χ0n) is 8.92. The van der Waals surface area contributed by atoms with Crippen LogP contribution in [-0.2, 0) is 10.9 Å². The van der Waals surface area contributed by atoms with Crippen molar-refractivity contribution in [3.8, 4) is 5.75 Å². The molecule has 1 fully saturated rings. The van der Waals surface area contributed by atoms with Crippen molar-refractivity contribution in [2.75, 3.05) is 19.7 Å². The van der Waals surface area contributed by atoms with Crippen LogP contribution in [0, 0.1) is 0 Å². The lowest BCUT2D eigenvalue weighted by atomic mass is 10.0. The molecule has 1 aromatic carbocycles. The van der Waals surface area contributed by atoms with Crippen LogP contribution >= 0.6 is 0 Å². The van der Waals surface area contributed by atoms with Crippen LogP contribution in [0.4, 0.5) is 13.2 Å². The minimum atomic E-state index is -4.41. The molecule has 0 spiro atoms. The average molecular weight is 247 g/mol. The van der Waals surface area contributed by atoms with E-state index in [9.17, 15) is 18.3 Å². The summed E-state index contributed by atoms with van der Waals surface area (Å²) < 4.78 is 42.9. The van der Waals surface area contributed by atoms with Crippen LogP contribution in [0.5, 0.6) is 5.75 Å². The molecule has 1 aromatic rings. The third-order valence-corrected chi connectivity index (χ3v) is 2.63. The number of nitrogens with one attached hydrogen (secondary N) is 1. The summed E-state index contributed by atoms with van der Waals surface area (Å²) in [7, 11) is 0. The number of hydrogen-bond donors (Lipinski definition) is 2. The van der Waals surface area contributed by atoms with E-state index in [0.29, 0.717) is 19.7 Å². The van der Waals surface area contributed by atoms with Gasteiger partial charge in [0.2, 0.25) is 0 Å². The Bertz CT molecular complexity index is 400. The molecule has 1 heterocycles. The zero-order valence-corrected chi connectivity index (χ0v) is 8.92. The van der Waals surface area contributed by atoms with Gasteiger partial charge in [-0.05, 0) is 18.2 Å². The van der Waals surface area contributed by atoms with Gasteiger partial charge in [-0.15, -0.1) is 0 Å². The van der Waals surface area contributed by atoms with Gasteiger partial charge in [-0.25, -0.2) is 0 Å². The molecule has 1 aliphatic heterocycles. The summed E-state index contributed by atoms with van der Waals surface area (Å²) >= 11 is 0. The molecule has 1 saturated heterocycles. The Morgan fingerprint density at radius 2 is 2.12 bits per heavy atom. The van der Waals surface area contributed by atoms with Gasteiger partial charge >= 0.3 is 6.18 Å². The van der Waals surface area contributed by atoms with Gasteiger partial charge in [0.05, 0.1) is 18.3 Å². The highest BCUT2D eigenvalue weighted by Gasteiger charge is 2.32. The summed E-state index contributed by atoms with van der Waals surface area (Å²) in [4.78, 5) is 0. The number of rotatable bonds is 1. The van der Waals surface area contributed by atoms with Crippen LogP contribution in [-0.4, -0.2) is 24.8 Å². The summed E-state index contributed by atoms with van der Waals surface area (Å²) in [5.41, 5.74) is -0.605. The molecule has 1 aliphatic rings. The molecule has 94 valence electrons. The third-order valence-electron chi connectivity index (χ3n) is 2.63. The summed E-state index contributed by atoms with van der Waals surface area (Å²) in [6, 6.07) is 2.85. The predicted molar refractivity (Wildman–Crippen MR) is 54.7 cm³/mol. The first-order valence-electron chi connectivity index (χ1n) is 5.21. The minimum absolute atomic E-state index is 0.173. The van der Waals surface area contributed by atoms with Gasteiger partial charge in [0, 0.05) is 18.7 Å². The number of phenolic OH excluding ortho intramolecular Hbond substituents is 1. The van der Waals surface area contributed by atoms with E-state index in [0.717, 1.165) is 18.2 Å². The molecule has 2 N–H and O–H groups in total. The number of ether oxygens (including phenoxy) is 1. The molecular weight excluding hydrogens is 235 g/mol. The van der Waals surface area contributed by atoms with Gasteiger partial charge in [0.15, 0.2) is 0 Å². The van der Waals surface area contributed by atoms with Crippen LogP contribution in [0.25, 0.3) is 0 Å². The highest BCUT2D eigenvalue weighted by Crippen LogP contribution is 2.35. The summed E-state index contributed by atoms with van der Waals surface area (Å²) in [5.74, 6) is -0.174. The first-order valence-corrected chi connectivity index (χ1v) is 5.21. The van der Waals surface area contributed by atoms with E-state index in [1.807, 2.05) is 0 Å². The molecule has 0 bridgehead atoms. The van der Waals surface area contributed by atoms with E-state index >= 15 is 0 Å². The van der Waals surface area contributed by atoms with Gasteiger partial charge in [-0.1, -0.05) is 0 Å². The van der Waals surface area contributed by atoms with E-state index in [2.05, 4.69) is 5.32 Å². The van der Waals surface area contributed by atoms with Crippen molar-refractivity contribution in [2.24, 2.45) is 0 Å². The fourth-order valence-corrected chi connectivity index (χ4v) is 1.75. The Kier molecular flexibility index (Phi) is 3.26. The molecule has 0 saturated carbocycles. The number of hydrogen-bond acceptors (Lipinski definition) is 3. The quantitative estimate of drug-likeness (QED) is 0.798. The van der Waals surface area contributed by atoms with Crippen molar-refractivity contribution in [1.82, 2.24) is 5.32 Å². The van der Waals surface area contributed by atoms with Crippen LogP contribution < -0.4 is 5.32 Å². The van der Waals surface area contributed by atoms with E-state index in [1.54, 1.807) is 0 Å². The molecule has 3 nitrogen and oxygen atoms in total. The second kappa shape index (κ2) is 4.54. The van der Waals surface area contributed by atoms with Crippen molar-refractivity contribution in [1.29, 1.82) is 0 Å². The lowest BCUT2D eigenvalue weighted by Crippen LogP contribution is -2.33. The number of aromatic hydroxyl groups is 1. The van der Waals surface area contributed by atoms with E-state index in [4.69, 9.17) is 4.74 Å². The van der Waals surface area contributed by atoms with Gasteiger partial charge in [-0.3, -0.25) is 0 Å². The van der Waals surface area contributed by atoms with Gasteiger partial charge in [0.1, 0.15) is 5.75 Å². The predicted octanol–water partition coefficient (Wildman–Crippen LogP) is 2.07. The van der Waals surface area contributed by atoms with Crippen molar-refractivity contribution in [2.45, 2.75) is 12.3 Å². The lowest BCUT2D eigenvalue weighted by Gasteiger charge is -2.25. The topological polar surface area (TPSA) is 41.5 Å². The monoisotopic (exact) mass is 247 g/mol. The van der Waals surface area contributed by atoms with Crippen molar-refractivity contribution >= 4 is 0 Å². The van der Waals surface area contributed by atoms with Crippen LogP contribution in [0.2, 0.25) is 0 Å². The largest absolute Gasteiger partial charge is 0.508 e. The van der Waals surface area contributed by atoms with E-state index < -0.39 is 17.8 Å². The Labute approximate surface area is 96.2 Å². The number of phenols is 1. The van der Waals surface area contributed by atoms with Crippen LogP contribution in [0.1, 0.15) is 17.2 Å². The van der Waals surface area contributed by atoms with Crippen molar-refractivity contribution in [3.63, 3.8) is 0 Å². The maximum atomic E-state index is 12.5. The molecule has 0 aromatic heterocycles. The number of halogens is 3. The molecule has 2 rings (SSSR count). The maximum absolute atomic E-state index is 12.5. The van der Waals surface area contributed by atoms with E-state index in [1.165, 1.54) is 0 Å². The summed E-state index contributed by atoms with van der Waals surface area (Å²) in [6.45, 7) is 1.48. The molecule has 0 aliphatic carbocycles. The van der Waals surface area contributed by atoms with Crippen molar-refractivity contribution < 1.29 is 23.0 Å². The van der Waals surface area contributed by atoms with E-state index in [-0.39, 0.29) is 11.3 Å². The van der Waals surface area contributed by atoms with Crippen molar-refractivity contribution in [3.05, 3.63) is 29.3 Å². The number of morpholine rings is 1. The molecule has 17 heavy (non-hydrogen) atoms. The van der Waals surface area contributed by atoms with Gasteiger partial charge in [0.25, 0.3) is 0 Å². The smallest absolute Gasteiger partial charge is 0.416 e. The molecule has 1 atom stereocenters. The Hall–Kier alpha value is -1.27. The summed E-state index contributed by atoms with van der Waals surface area (Å²) in [5, 5.41) is 12.6. The first kappa shape index (κ1) is 12.2. The second-order valence-electron chi connectivity index (χ2n) is 3.83. The normalized spacial score (nSPS) is 21.5. The number of alkyl halides is 3. The maximum Gasteiger partial charge on any atom is 0.416 e. The van der Waals surface area contributed by atoms with Gasteiger partial charge in [-0.2, -0.15) is 13.2 Å². The van der Waals surface area contributed by atoms with Crippen LogP contribution in [0.15, 0.2) is 18.2 Å². The molecule has 6 heteroatoms. The Morgan fingerprint density at radius 3 is 2.71 bits per heavy atom. The fraction of sp³-hybridized carbons (Fsp3) is 0.455. The molecule has 0 radical (unpaired) electrons. The standard InChI is InChI=1S/C11H12F3NO2/c12-11(13,14)7-1-2-9(16)8(5-7)10-6-15-3-4-17-10/h1-2,5,10,15-16H,3-4,6H2. The van der Waals surface area contributed by atoms with Gasteiger partial charge < -0.3 is 15.2 Å². The molecule has 1 unspecified atom stereocenters. The van der Waals surface area contributed by atoms with Crippen LogP contribution in [0.3, 0.4) is 0 Å². The second-order valence-corrected chi connectivity index (χ2v) is 3.83.